The molecular formula is C23H19NS2. The molecule has 0 bridgehead atoms. The highest BCUT2D eigenvalue weighted by Gasteiger charge is 2.36. The number of benzene rings is 3. The van der Waals surface area contributed by atoms with Crippen LogP contribution in [0.5, 0.6) is 0 Å². The zero-order valence-corrected chi connectivity index (χ0v) is 16.2. The Bertz CT molecular complexity index is 1010. The van der Waals surface area contributed by atoms with Crippen molar-refractivity contribution in [3.8, 4) is 0 Å². The molecule has 1 nitrogen and oxygen atoms in total. The van der Waals surface area contributed by atoms with E-state index in [9.17, 15) is 0 Å². The van der Waals surface area contributed by atoms with Crippen LogP contribution in [-0.4, -0.2) is 11.5 Å². The van der Waals surface area contributed by atoms with E-state index in [-0.39, 0.29) is 0 Å². The van der Waals surface area contributed by atoms with E-state index in [0.29, 0.717) is 11.2 Å². The quantitative estimate of drug-likeness (QED) is 0.471. The lowest BCUT2D eigenvalue weighted by molar-refractivity contribution is 0.751. The van der Waals surface area contributed by atoms with Crippen molar-refractivity contribution in [1.29, 1.82) is 0 Å². The zero-order chi connectivity index (χ0) is 17.5. The molecule has 0 aliphatic carbocycles. The maximum absolute atomic E-state index is 5.19. The Morgan fingerprint density at radius 2 is 1.58 bits per heavy atom. The van der Waals surface area contributed by atoms with Crippen molar-refractivity contribution in [3.63, 3.8) is 0 Å². The van der Waals surface area contributed by atoms with Gasteiger partial charge in [-0.1, -0.05) is 54.6 Å². The lowest BCUT2D eigenvalue weighted by Gasteiger charge is -2.31. The number of aliphatic imine (C=N–C) groups is 1. The molecule has 0 amide bonds. The molecule has 3 heteroatoms. The lowest BCUT2D eigenvalue weighted by atomic mass is 9.89. The highest BCUT2D eigenvalue weighted by atomic mass is 32.2. The summed E-state index contributed by atoms with van der Waals surface area (Å²) in [6, 6.07) is 26.1. The first kappa shape index (κ1) is 16.2. The van der Waals surface area contributed by atoms with Gasteiger partial charge in [-0.15, -0.1) is 23.5 Å². The third-order valence-corrected chi connectivity index (χ3v) is 7.78. The summed E-state index contributed by atoms with van der Waals surface area (Å²) < 4.78 is 0. The standard InChI is InChI=1S/C23H19NS2/c1-15-8-2-3-9-16(15)23-18-14-25-20-12-6-4-10-17(20)22(18)24-19-11-5-7-13-21(19)26-23/h2-13,18,23H,14H2,1H3/t18-,23-/m1/s1. The van der Waals surface area contributed by atoms with Crippen molar-refractivity contribution in [2.75, 3.05) is 5.75 Å². The maximum Gasteiger partial charge on any atom is 0.0769 e. The fourth-order valence-corrected chi connectivity index (χ4v) is 6.60. The van der Waals surface area contributed by atoms with Gasteiger partial charge in [-0.2, -0.15) is 0 Å². The van der Waals surface area contributed by atoms with Crippen LogP contribution >= 0.6 is 23.5 Å². The molecule has 3 aromatic carbocycles. The number of hydrogen-bond donors (Lipinski definition) is 0. The van der Waals surface area contributed by atoms with E-state index < -0.39 is 0 Å². The molecule has 2 heterocycles. The highest BCUT2D eigenvalue weighted by molar-refractivity contribution is 8.00. The second kappa shape index (κ2) is 6.64. The number of thioether (sulfide) groups is 2. The van der Waals surface area contributed by atoms with Gasteiger partial charge in [-0.25, -0.2) is 0 Å². The van der Waals surface area contributed by atoms with E-state index in [4.69, 9.17) is 4.99 Å². The van der Waals surface area contributed by atoms with Crippen molar-refractivity contribution in [2.24, 2.45) is 10.9 Å². The molecule has 0 saturated carbocycles. The monoisotopic (exact) mass is 373 g/mol. The number of rotatable bonds is 1. The van der Waals surface area contributed by atoms with E-state index >= 15 is 0 Å². The van der Waals surface area contributed by atoms with Crippen molar-refractivity contribution in [3.05, 3.63) is 89.5 Å². The normalized spacial score (nSPS) is 21.0. The van der Waals surface area contributed by atoms with Gasteiger partial charge in [0, 0.05) is 32.3 Å². The van der Waals surface area contributed by atoms with E-state index in [1.54, 1.807) is 0 Å². The molecule has 2 atom stereocenters. The van der Waals surface area contributed by atoms with Crippen LogP contribution in [0.3, 0.4) is 0 Å². The van der Waals surface area contributed by atoms with E-state index in [1.807, 2.05) is 23.5 Å². The van der Waals surface area contributed by atoms with Gasteiger partial charge in [0.05, 0.1) is 11.4 Å². The number of para-hydroxylation sites is 1. The molecule has 0 unspecified atom stereocenters. The van der Waals surface area contributed by atoms with Crippen LogP contribution in [0.4, 0.5) is 5.69 Å². The predicted molar refractivity (Wildman–Crippen MR) is 113 cm³/mol. The summed E-state index contributed by atoms with van der Waals surface area (Å²) in [4.78, 5) is 7.83. The van der Waals surface area contributed by atoms with Crippen LogP contribution in [0, 0.1) is 12.8 Å². The number of nitrogens with zero attached hydrogens (tertiary/aromatic N) is 1. The molecule has 5 rings (SSSR count). The predicted octanol–water partition coefficient (Wildman–Crippen LogP) is 6.68. The molecule has 3 aromatic rings. The molecule has 0 spiro atoms. The van der Waals surface area contributed by atoms with Gasteiger partial charge in [0.15, 0.2) is 0 Å². The third-order valence-electron chi connectivity index (χ3n) is 5.15. The number of hydrogen-bond acceptors (Lipinski definition) is 3. The Morgan fingerprint density at radius 1 is 0.846 bits per heavy atom. The van der Waals surface area contributed by atoms with Crippen molar-refractivity contribution >= 4 is 34.9 Å². The van der Waals surface area contributed by atoms with Gasteiger partial charge in [0.2, 0.25) is 0 Å². The average Bonchev–Trinajstić information content (AvgIpc) is 2.85. The van der Waals surface area contributed by atoms with Gasteiger partial charge < -0.3 is 0 Å². The Hall–Kier alpha value is -1.97. The van der Waals surface area contributed by atoms with Gasteiger partial charge in [-0.05, 0) is 36.2 Å². The first-order valence-electron chi connectivity index (χ1n) is 8.93. The Labute approximate surface area is 163 Å². The molecule has 2 aliphatic heterocycles. The number of aryl methyl sites for hydroxylation is 1. The molecule has 0 N–H and O–H groups in total. The summed E-state index contributed by atoms with van der Waals surface area (Å²) in [5.74, 6) is 1.49. The fraction of sp³-hybridized carbons (Fsp3) is 0.174. The third kappa shape index (κ3) is 2.70. The van der Waals surface area contributed by atoms with Crippen LogP contribution in [0.25, 0.3) is 0 Å². The van der Waals surface area contributed by atoms with Gasteiger partial charge >= 0.3 is 0 Å². The summed E-state index contributed by atoms with van der Waals surface area (Å²) in [7, 11) is 0. The fourth-order valence-electron chi connectivity index (χ4n) is 3.82. The minimum absolute atomic E-state index is 0.388. The topological polar surface area (TPSA) is 12.4 Å². The molecule has 128 valence electrons. The molecule has 0 aromatic heterocycles. The van der Waals surface area contributed by atoms with E-state index in [0.717, 1.165) is 11.4 Å². The zero-order valence-electron chi connectivity index (χ0n) is 14.6. The first-order valence-corrected chi connectivity index (χ1v) is 10.8. The average molecular weight is 374 g/mol. The summed E-state index contributed by atoms with van der Waals surface area (Å²) in [6.07, 6.45) is 0. The van der Waals surface area contributed by atoms with E-state index in [1.165, 1.54) is 32.2 Å². The minimum Gasteiger partial charge on any atom is -0.251 e. The summed E-state index contributed by atoms with van der Waals surface area (Å²) >= 11 is 3.95. The van der Waals surface area contributed by atoms with Crippen LogP contribution < -0.4 is 0 Å². The van der Waals surface area contributed by atoms with Crippen molar-refractivity contribution < 1.29 is 0 Å². The van der Waals surface area contributed by atoms with Crippen LogP contribution in [0.1, 0.15) is 21.9 Å². The Balaban J connectivity index is 1.73. The Morgan fingerprint density at radius 3 is 2.46 bits per heavy atom. The van der Waals surface area contributed by atoms with Crippen molar-refractivity contribution in [1.82, 2.24) is 0 Å². The SMILES string of the molecule is Cc1ccccc1[C@H]1Sc2ccccc2N=C2c3ccccc3SC[C@H]21. The highest BCUT2D eigenvalue weighted by Crippen LogP contribution is 2.52. The maximum atomic E-state index is 5.19. The first-order chi connectivity index (χ1) is 12.8. The molecule has 0 radical (unpaired) electrons. The largest absolute Gasteiger partial charge is 0.251 e. The van der Waals surface area contributed by atoms with Crippen LogP contribution in [0.15, 0.2) is 87.6 Å². The molecular weight excluding hydrogens is 354 g/mol. The van der Waals surface area contributed by atoms with Crippen molar-refractivity contribution in [2.45, 2.75) is 22.0 Å². The van der Waals surface area contributed by atoms with Crippen LogP contribution in [0.2, 0.25) is 0 Å². The van der Waals surface area contributed by atoms with Crippen LogP contribution in [-0.2, 0) is 0 Å². The van der Waals surface area contributed by atoms with Gasteiger partial charge in [0.25, 0.3) is 0 Å². The summed E-state index contributed by atoms with van der Waals surface area (Å²) in [5.41, 5.74) is 6.48. The summed E-state index contributed by atoms with van der Waals surface area (Å²) in [5, 5.41) is 0.388. The molecule has 0 fully saturated rings. The summed E-state index contributed by atoms with van der Waals surface area (Å²) in [6.45, 7) is 2.23. The minimum atomic E-state index is 0.388. The Kier molecular flexibility index (Phi) is 4.14. The smallest absolute Gasteiger partial charge is 0.0769 e. The number of fused-ring (bicyclic) bond motifs is 4. The second-order valence-corrected chi connectivity index (χ2v) is 9.02. The van der Waals surface area contributed by atoms with Gasteiger partial charge in [0.1, 0.15) is 0 Å². The van der Waals surface area contributed by atoms with E-state index in [2.05, 4.69) is 79.7 Å². The molecule has 2 aliphatic rings. The lowest BCUT2D eigenvalue weighted by Crippen LogP contribution is -2.27. The molecule has 26 heavy (non-hydrogen) atoms. The second-order valence-electron chi connectivity index (χ2n) is 6.77. The molecule has 0 saturated heterocycles. The van der Waals surface area contributed by atoms with Gasteiger partial charge in [-0.3, -0.25) is 4.99 Å².